The van der Waals surface area contributed by atoms with Gasteiger partial charge in [-0.3, -0.25) is 0 Å². The lowest BCUT2D eigenvalue weighted by Gasteiger charge is -2.18. The Hall–Kier alpha value is -7.95. The molecule has 0 N–H and O–H groups in total. The highest BCUT2D eigenvalue weighted by molar-refractivity contribution is 6.37. The third-order valence-electron chi connectivity index (χ3n) is 12.2. The van der Waals surface area contributed by atoms with Crippen molar-refractivity contribution in [2.75, 3.05) is 0 Å². The van der Waals surface area contributed by atoms with Crippen LogP contribution < -0.4 is 0 Å². The topological polar surface area (TPSA) is 51.8 Å². The first-order valence-corrected chi connectivity index (χ1v) is 20.0. The quantitative estimate of drug-likeness (QED) is 0.168. The molecule has 0 aliphatic heterocycles. The highest BCUT2D eigenvalue weighted by Crippen LogP contribution is 2.45. The minimum atomic E-state index is 0.597. The molecule has 0 saturated carbocycles. The molecular formula is C55H31N3O. The summed E-state index contributed by atoms with van der Waals surface area (Å²) >= 11 is 0. The number of para-hydroxylation sites is 1. The highest BCUT2D eigenvalue weighted by atomic mass is 16.3. The van der Waals surface area contributed by atoms with E-state index in [1.165, 1.54) is 64.6 Å². The van der Waals surface area contributed by atoms with E-state index in [0.717, 1.165) is 49.8 Å². The van der Waals surface area contributed by atoms with E-state index in [9.17, 15) is 0 Å². The van der Waals surface area contributed by atoms with Crippen LogP contribution in [0.15, 0.2) is 192 Å². The maximum Gasteiger partial charge on any atom is 0.164 e. The predicted octanol–water partition coefficient (Wildman–Crippen LogP) is 14.8. The Bertz CT molecular complexity index is 3840. The summed E-state index contributed by atoms with van der Waals surface area (Å²) < 4.78 is 6.31. The van der Waals surface area contributed by atoms with Crippen LogP contribution in [-0.2, 0) is 0 Å². The molecular weight excluding hydrogens is 719 g/mol. The van der Waals surface area contributed by atoms with E-state index in [-0.39, 0.29) is 0 Å². The summed E-state index contributed by atoms with van der Waals surface area (Å²) in [6.45, 7) is 0. The van der Waals surface area contributed by atoms with Gasteiger partial charge in [0.25, 0.3) is 0 Å². The summed E-state index contributed by atoms with van der Waals surface area (Å²) in [5.74, 6) is 1.82. The van der Waals surface area contributed by atoms with Crippen LogP contribution in [0.1, 0.15) is 0 Å². The molecule has 0 unspecified atom stereocenters. The molecule has 0 aliphatic rings. The lowest BCUT2D eigenvalue weighted by atomic mass is 9.86. The Morgan fingerprint density at radius 3 is 1.47 bits per heavy atom. The van der Waals surface area contributed by atoms with Gasteiger partial charge in [0.1, 0.15) is 11.2 Å². The summed E-state index contributed by atoms with van der Waals surface area (Å²) in [6, 6.07) is 67.0. The van der Waals surface area contributed by atoms with Gasteiger partial charge in [-0.05, 0) is 100 Å². The molecule has 2 heterocycles. The molecule has 2 aromatic heterocycles. The van der Waals surface area contributed by atoms with Gasteiger partial charge < -0.3 is 4.42 Å². The molecule has 0 spiro atoms. The van der Waals surface area contributed by atoms with Crippen molar-refractivity contribution in [2.24, 2.45) is 0 Å². The summed E-state index contributed by atoms with van der Waals surface area (Å²) in [4.78, 5) is 15.7. The second kappa shape index (κ2) is 12.3. The number of hydrogen-bond acceptors (Lipinski definition) is 4. The molecule has 272 valence electrons. The van der Waals surface area contributed by atoms with Crippen LogP contribution in [0.5, 0.6) is 0 Å². The van der Waals surface area contributed by atoms with Crippen LogP contribution >= 0.6 is 0 Å². The summed E-state index contributed by atoms with van der Waals surface area (Å²) in [5, 5.41) is 17.1. The molecule has 0 radical (unpaired) electrons. The van der Waals surface area contributed by atoms with Crippen LogP contribution in [0.4, 0.5) is 0 Å². The number of furan rings is 1. The van der Waals surface area contributed by atoms with Crippen molar-refractivity contribution in [3.63, 3.8) is 0 Å². The molecule has 59 heavy (non-hydrogen) atoms. The van der Waals surface area contributed by atoms with Gasteiger partial charge in [-0.2, -0.15) is 0 Å². The molecule has 0 saturated heterocycles. The van der Waals surface area contributed by atoms with Crippen LogP contribution in [-0.4, -0.2) is 15.0 Å². The summed E-state index contributed by atoms with van der Waals surface area (Å²) in [7, 11) is 0. The Kier molecular flexibility index (Phi) is 6.69. The van der Waals surface area contributed by atoms with Gasteiger partial charge in [-0.1, -0.05) is 164 Å². The third kappa shape index (κ3) is 4.75. The molecule has 13 rings (SSSR count). The van der Waals surface area contributed by atoms with Gasteiger partial charge in [0.05, 0.1) is 0 Å². The van der Waals surface area contributed by atoms with Gasteiger partial charge >= 0.3 is 0 Å². The highest BCUT2D eigenvalue weighted by Gasteiger charge is 2.21. The van der Waals surface area contributed by atoms with Crippen molar-refractivity contribution in [1.82, 2.24) is 15.0 Å². The first-order chi connectivity index (χ1) is 29.2. The van der Waals surface area contributed by atoms with E-state index >= 15 is 0 Å². The minimum Gasteiger partial charge on any atom is -0.456 e. The summed E-state index contributed by atoms with van der Waals surface area (Å²) in [5.41, 5.74) is 6.54. The van der Waals surface area contributed by atoms with E-state index in [1.54, 1.807) is 0 Å². The molecule has 0 amide bonds. The molecule has 0 bridgehead atoms. The molecule has 4 nitrogen and oxygen atoms in total. The number of benzene rings is 10. The number of aromatic nitrogens is 3. The largest absolute Gasteiger partial charge is 0.456 e. The Balaban J connectivity index is 1.12. The van der Waals surface area contributed by atoms with Gasteiger partial charge in [0.15, 0.2) is 17.5 Å². The maximum absolute atomic E-state index is 6.31. The van der Waals surface area contributed by atoms with Crippen molar-refractivity contribution in [1.29, 1.82) is 0 Å². The SMILES string of the molecule is c1ccc(-c2nc(-c3ccccc3-c3cc4ccc5cccc6c7cccc8ccc9cccc(c(c3)c4c56)c9c87)nc(-c3cccc4oc5ccccc5c34)n2)cc1. The van der Waals surface area contributed by atoms with Crippen LogP contribution in [0.25, 0.3) is 132 Å². The van der Waals surface area contributed by atoms with Crippen molar-refractivity contribution >= 4 is 86.6 Å². The second-order valence-electron chi connectivity index (χ2n) is 15.5. The number of hydrogen-bond donors (Lipinski definition) is 0. The normalized spacial score (nSPS) is 12.1. The molecule has 11 aromatic carbocycles. The molecule has 0 atom stereocenters. The first-order valence-electron chi connectivity index (χ1n) is 20.0. The predicted molar refractivity (Wildman–Crippen MR) is 245 cm³/mol. The zero-order valence-corrected chi connectivity index (χ0v) is 31.6. The van der Waals surface area contributed by atoms with Crippen LogP contribution in [0.3, 0.4) is 0 Å². The zero-order chi connectivity index (χ0) is 38.6. The number of nitrogens with zero attached hydrogens (tertiary/aromatic N) is 3. The minimum absolute atomic E-state index is 0.597. The van der Waals surface area contributed by atoms with E-state index < -0.39 is 0 Å². The van der Waals surface area contributed by atoms with Crippen molar-refractivity contribution in [3.05, 3.63) is 188 Å². The van der Waals surface area contributed by atoms with Crippen molar-refractivity contribution in [3.8, 4) is 45.3 Å². The van der Waals surface area contributed by atoms with Crippen LogP contribution in [0, 0.1) is 0 Å². The fourth-order valence-corrected chi connectivity index (χ4v) is 9.66. The van der Waals surface area contributed by atoms with E-state index in [2.05, 4.69) is 140 Å². The van der Waals surface area contributed by atoms with E-state index in [4.69, 9.17) is 19.4 Å². The molecule has 13 aromatic rings. The fourth-order valence-electron chi connectivity index (χ4n) is 9.66. The third-order valence-corrected chi connectivity index (χ3v) is 12.2. The Labute approximate surface area is 338 Å². The van der Waals surface area contributed by atoms with Gasteiger partial charge in [-0.15, -0.1) is 0 Å². The molecule has 4 heteroatoms. The average Bonchev–Trinajstić information content (AvgIpc) is 3.69. The molecule has 0 fully saturated rings. The smallest absolute Gasteiger partial charge is 0.164 e. The van der Waals surface area contributed by atoms with E-state index in [0.29, 0.717) is 17.5 Å². The lowest BCUT2D eigenvalue weighted by molar-refractivity contribution is 0.669. The first kappa shape index (κ1) is 32.2. The maximum atomic E-state index is 6.31. The average molecular weight is 750 g/mol. The standard InChI is InChI=1S/C55H31N3O/c1-2-12-35(13-3-1)53-56-54(58-55(57-53)44-23-11-25-47-52(44)43-19-6-7-24-46(43)59-47)42-18-5-4-17-38(42)37-30-36-29-28-34-15-9-21-40-39-20-8-14-32-26-27-33-16-10-22-41(50(33)48(32)39)45(31-37)51(36)49(34)40/h1-31H. The van der Waals surface area contributed by atoms with E-state index in [1.807, 2.05) is 48.5 Å². The number of fused-ring (bicyclic) bond motifs is 5. The zero-order valence-electron chi connectivity index (χ0n) is 31.6. The van der Waals surface area contributed by atoms with Gasteiger partial charge in [-0.25, -0.2) is 15.0 Å². The van der Waals surface area contributed by atoms with Gasteiger partial charge in [0, 0.05) is 27.5 Å². The monoisotopic (exact) mass is 749 g/mol. The lowest BCUT2D eigenvalue weighted by Crippen LogP contribution is -2.01. The van der Waals surface area contributed by atoms with Crippen molar-refractivity contribution < 1.29 is 4.42 Å². The Morgan fingerprint density at radius 1 is 0.271 bits per heavy atom. The van der Waals surface area contributed by atoms with Crippen molar-refractivity contribution in [2.45, 2.75) is 0 Å². The Morgan fingerprint density at radius 2 is 0.763 bits per heavy atom. The summed E-state index contributed by atoms with van der Waals surface area (Å²) in [6.07, 6.45) is 0. The van der Waals surface area contributed by atoms with Crippen LogP contribution in [0.2, 0.25) is 0 Å². The number of rotatable bonds is 4. The fraction of sp³-hybridized carbons (Fsp3) is 0. The molecule has 0 aliphatic carbocycles. The van der Waals surface area contributed by atoms with Gasteiger partial charge in [0.2, 0.25) is 0 Å². The second-order valence-corrected chi connectivity index (χ2v) is 15.5.